The summed E-state index contributed by atoms with van der Waals surface area (Å²) in [6.45, 7) is 0. The lowest BCUT2D eigenvalue weighted by atomic mass is 9.95. The first kappa shape index (κ1) is 21.8. The summed E-state index contributed by atoms with van der Waals surface area (Å²) in [4.78, 5) is 34.6. The normalized spacial score (nSPS) is 15.3. The molecule has 0 saturated heterocycles. The van der Waals surface area contributed by atoms with E-state index in [0.29, 0.717) is 11.6 Å². The van der Waals surface area contributed by atoms with Crippen molar-refractivity contribution >= 4 is 45.3 Å². The Morgan fingerprint density at radius 2 is 1.83 bits per heavy atom. The van der Waals surface area contributed by atoms with Crippen LogP contribution in [0.2, 0.25) is 0 Å². The Morgan fingerprint density at radius 1 is 1.03 bits per heavy atom. The van der Waals surface area contributed by atoms with Crippen molar-refractivity contribution in [2.75, 3.05) is 5.32 Å². The maximum absolute atomic E-state index is 12.9. The molecule has 1 fully saturated rings. The number of fused-ring (bicyclic) bond motifs is 2. The third-order valence-corrected chi connectivity index (χ3v) is 7.75. The molecular formula is C28H26N4O2S. The standard InChI is InChI=1S/C28H26N4O2S/c33-24(16-11-17-9-12-18(13-10-17)27(34)29-19-14-15-19)32-28-25(20-5-1-4-8-23(20)35-28)26-30-21-6-2-3-7-22(21)31-26/h2-3,6-7,9-13,16,19H,1,4-5,8,14-15H2,(H,29,34)(H,30,31)(H,32,33)/b16-11+. The first-order valence-electron chi connectivity index (χ1n) is 12.1. The predicted molar refractivity (Wildman–Crippen MR) is 141 cm³/mol. The molecule has 2 aliphatic carbocycles. The number of thiophene rings is 1. The van der Waals surface area contributed by atoms with Gasteiger partial charge < -0.3 is 15.6 Å². The molecule has 0 atom stereocenters. The number of hydrogen-bond acceptors (Lipinski definition) is 4. The second kappa shape index (κ2) is 9.15. The maximum Gasteiger partial charge on any atom is 0.251 e. The molecule has 4 aromatic rings. The second-order valence-corrected chi connectivity index (χ2v) is 10.3. The minimum Gasteiger partial charge on any atom is -0.349 e. The number of hydrogen-bond donors (Lipinski definition) is 3. The number of rotatable bonds is 6. The zero-order chi connectivity index (χ0) is 23.8. The summed E-state index contributed by atoms with van der Waals surface area (Å²) in [6, 6.07) is 15.6. The molecule has 6 nitrogen and oxygen atoms in total. The molecule has 2 aromatic carbocycles. The quantitative estimate of drug-likeness (QED) is 0.308. The number of imidazole rings is 1. The zero-order valence-corrected chi connectivity index (χ0v) is 20.1. The number of H-pyrrole nitrogens is 1. The van der Waals surface area contributed by atoms with Gasteiger partial charge in [0.2, 0.25) is 5.91 Å². The fourth-order valence-electron chi connectivity index (χ4n) is 4.54. The summed E-state index contributed by atoms with van der Waals surface area (Å²) in [6.07, 6.45) is 9.81. The number of aromatic nitrogens is 2. The lowest BCUT2D eigenvalue weighted by molar-refractivity contribution is -0.111. The van der Waals surface area contributed by atoms with E-state index in [9.17, 15) is 9.59 Å². The summed E-state index contributed by atoms with van der Waals surface area (Å²) in [5.74, 6) is 0.585. The number of amides is 2. The molecule has 1 saturated carbocycles. The minimum atomic E-state index is -0.184. The number of aromatic amines is 1. The Morgan fingerprint density at radius 3 is 2.63 bits per heavy atom. The van der Waals surface area contributed by atoms with Crippen LogP contribution in [-0.4, -0.2) is 27.8 Å². The molecule has 3 N–H and O–H groups in total. The van der Waals surface area contributed by atoms with Gasteiger partial charge in [0.15, 0.2) is 0 Å². The molecule has 2 heterocycles. The zero-order valence-electron chi connectivity index (χ0n) is 19.3. The van der Waals surface area contributed by atoms with Crippen LogP contribution >= 0.6 is 11.3 Å². The molecule has 0 bridgehead atoms. The van der Waals surface area contributed by atoms with Crippen LogP contribution in [0.25, 0.3) is 28.5 Å². The highest BCUT2D eigenvalue weighted by Gasteiger charge is 2.25. The fraction of sp³-hybridized carbons (Fsp3) is 0.250. The smallest absolute Gasteiger partial charge is 0.251 e. The molecule has 2 aromatic heterocycles. The van der Waals surface area contributed by atoms with E-state index in [-0.39, 0.29) is 11.8 Å². The molecule has 0 radical (unpaired) electrons. The van der Waals surface area contributed by atoms with Crippen LogP contribution in [-0.2, 0) is 17.6 Å². The van der Waals surface area contributed by atoms with Crippen molar-refractivity contribution in [2.24, 2.45) is 0 Å². The molecular weight excluding hydrogens is 456 g/mol. The molecule has 0 aliphatic heterocycles. The average molecular weight is 483 g/mol. The first-order valence-corrected chi connectivity index (χ1v) is 13.0. The Bertz CT molecular complexity index is 1410. The lowest BCUT2D eigenvalue weighted by Crippen LogP contribution is -2.25. The molecule has 0 spiro atoms. The van der Waals surface area contributed by atoms with Crippen LogP contribution in [0.1, 0.15) is 52.0 Å². The lowest BCUT2D eigenvalue weighted by Gasteiger charge is -2.11. The van der Waals surface area contributed by atoms with Gasteiger partial charge in [-0.1, -0.05) is 24.3 Å². The number of carbonyl (C=O) groups excluding carboxylic acids is 2. The van der Waals surface area contributed by atoms with Crippen molar-refractivity contribution in [3.63, 3.8) is 0 Å². The monoisotopic (exact) mass is 482 g/mol. The van der Waals surface area contributed by atoms with Gasteiger partial charge in [0.1, 0.15) is 10.8 Å². The summed E-state index contributed by atoms with van der Waals surface area (Å²) in [5, 5.41) is 6.94. The van der Waals surface area contributed by atoms with Gasteiger partial charge in [-0.3, -0.25) is 9.59 Å². The van der Waals surface area contributed by atoms with E-state index in [1.165, 1.54) is 16.9 Å². The number of carbonyl (C=O) groups is 2. The fourth-order valence-corrected chi connectivity index (χ4v) is 5.84. The summed E-state index contributed by atoms with van der Waals surface area (Å²) >= 11 is 1.66. The number of anilines is 1. The van der Waals surface area contributed by atoms with Gasteiger partial charge in [0, 0.05) is 22.6 Å². The van der Waals surface area contributed by atoms with E-state index in [1.54, 1.807) is 35.6 Å². The maximum atomic E-state index is 12.9. The largest absolute Gasteiger partial charge is 0.349 e. The number of benzene rings is 2. The van der Waals surface area contributed by atoms with E-state index in [2.05, 4.69) is 15.6 Å². The first-order chi connectivity index (χ1) is 17.1. The van der Waals surface area contributed by atoms with Crippen LogP contribution in [0.3, 0.4) is 0 Å². The topological polar surface area (TPSA) is 86.9 Å². The van der Waals surface area contributed by atoms with E-state index in [1.807, 2.05) is 36.4 Å². The van der Waals surface area contributed by atoms with Gasteiger partial charge in [-0.2, -0.15) is 0 Å². The van der Waals surface area contributed by atoms with E-state index in [4.69, 9.17) is 4.98 Å². The van der Waals surface area contributed by atoms with Crippen LogP contribution in [0, 0.1) is 0 Å². The SMILES string of the molecule is O=C(/C=C/c1ccc(C(=O)NC2CC2)cc1)Nc1sc2c(c1-c1nc3ccccc3[nH]1)CCCC2. The highest BCUT2D eigenvalue weighted by atomic mass is 32.1. The van der Waals surface area contributed by atoms with Crippen LogP contribution in [0.5, 0.6) is 0 Å². The molecule has 2 amide bonds. The highest BCUT2D eigenvalue weighted by Crippen LogP contribution is 2.43. The highest BCUT2D eigenvalue weighted by molar-refractivity contribution is 7.17. The van der Waals surface area contributed by atoms with Gasteiger partial charge in [0.25, 0.3) is 5.91 Å². The summed E-state index contributed by atoms with van der Waals surface area (Å²) in [7, 11) is 0. The number of nitrogens with zero attached hydrogens (tertiary/aromatic N) is 1. The Balaban J connectivity index is 1.22. The van der Waals surface area contributed by atoms with Gasteiger partial charge >= 0.3 is 0 Å². The van der Waals surface area contributed by atoms with Crippen molar-refractivity contribution in [1.82, 2.24) is 15.3 Å². The minimum absolute atomic E-state index is 0.0412. The van der Waals surface area contributed by atoms with Crippen molar-refractivity contribution in [2.45, 2.75) is 44.6 Å². The number of para-hydroxylation sites is 2. The molecule has 176 valence electrons. The van der Waals surface area contributed by atoms with Gasteiger partial charge in [0.05, 0.1) is 16.6 Å². The van der Waals surface area contributed by atoms with Gasteiger partial charge in [-0.05, 0) is 80.0 Å². The molecule has 7 heteroatoms. The molecule has 35 heavy (non-hydrogen) atoms. The van der Waals surface area contributed by atoms with E-state index in [0.717, 1.165) is 65.1 Å². The van der Waals surface area contributed by atoms with Crippen molar-refractivity contribution < 1.29 is 9.59 Å². The number of nitrogens with one attached hydrogen (secondary N) is 3. The number of aryl methyl sites for hydroxylation is 1. The van der Waals surface area contributed by atoms with E-state index >= 15 is 0 Å². The third-order valence-electron chi connectivity index (χ3n) is 6.55. The van der Waals surface area contributed by atoms with Crippen molar-refractivity contribution in [1.29, 1.82) is 0 Å². The average Bonchev–Trinajstić information content (AvgIpc) is 3.46. The third kappa shape index (κ3) is 4.64. The summed E-state index contributed by atoms with van der Waals surface area (Å²) in [5.41, 5.74) is 5.74. The molecule has 2 aliphatic rings. The van der Waals surface area contributed by atoms with Crippen LogP contribution in [0.4, 0.5) is 5.00 Å². The van der Waals surface area contributed by atoms with Gasteiger partial charge in [-0.25, -0.2) is 4.98 Å². The van der Waals surface area contributed by atoms with Crippen molar-refractivity contribution in [3.8, 4) is 11.4 Å². The second-order valence-electron chi connectivity index (χ2n) is 9.21. The van der Waals surface area contributed by atoms with E-state index < -0.39 is 0 Å². The summed E-state index contributed by atoms with van der Waals surface area (Å²) < 4.78 is 0. The van der Waals surface area contributed by atoms with Crippen LogP contribution in [0.15, 0.2) is 54.6 Å². The Kier molecular flexibility index (Phi) is 5.70. The molecule has 6 rings (SSSR count). The van der Waals surface area contributed by atoms with Crippen LogP contribution < -0.4 is 10.6 Å². The predicted octanol–water partition coefficient (Wildman–Crippen LogP) is 5.71. The Hall–Kier alpha value is -3.71. The Labute approximate surface area is 207 Å². The van der Waals surface area contributed by atoms with Gasteiger partial charge in [-0.15, -0.1) is 11.3 Å². The van der Waals surface area contributed by atoms with Crippen molar-refractivity contribution in [3.05, 3.63) is 76.2 Å². The molecule has 0 unspecified atom stereocenters.